The number of rotatable bonds is 4. The molecule has 0 spiro atoms. The highest BCUT2D eigenvalue weighted by Gasteiger charge is 2.12. The molecule has 7 heteroatoms. The Bertz CT molecular complexity index is 888. The first-order valence-corrected chi connectivity index (χ1v) is 8.02. The van der Waals surface area contributed by atoms with Crippen molar-refractivity contribution >= 4 is 28.9 Å². The Morgan fingerprint density at radius 2 is 1.64 bits per heavy atom. The first-order valence-electron chi connectivity index (χ1n) is 7.14. The molecule has 0 unspecified atom stereocenters. The lowest BCUT2D eigenvalue weighted by Gasteiger charge is -2.07. The second kappa shape index (κ2) is 7.23. The number of carbonyl (C=O) groups is 2. The summed E-state index contributed by atoms with van der Waals surface area (Å²) in [6, 6.07) is 12.0. The molecule has 0 atom stereocenters. The number of hydrogen-bond acceptors (Lipinski definition) is 4. The maximum Gasteiger partial charge on any atom is 0.343 e. The van der Waals surface area contributed by atoms with Crippen LogP contribution < -0.4 is 10.1 Å². The third kappa shape index (κ3) is 4.27. The van der Waals surface area contributed by atoms with Crippen molar-refractivity contribution in [3.8, 4) is 5.75 Å². The number of thiophene rings is 1. The van der Waals surface area contributed by atoms with Gasteiger partial charge in [0.15, 0.2) is 0 Å². The molecule has 1 N–H and O–H groups in total. The maximum atomic E-state index is 13.1. The predicted molar refractivity (Wildman–Crippen MR) is 90.0 cm³/mol. The summed E-state index contributed by atoms with van der Waals surface area (Å²) in [4.78, 5) is 24.4. The summed E-state index contributed by atoms with van der Waals surface area (Å²) in [6.07, 6.45) is 0. The molecular weight excluding hydrogens is 348 g/mol. The van der Waals surface area contributed by atoms with E-state index in [4.69, 9.17) is 4.74 Å². The van der Waals surface area contributed by atoms with Crippen LogP contribution in [0.4, 0.5) is 14.5 Å². The topological polar surface area (TPSA) is 55.4 Å². The third-order valence-electron chi connectivity index (χ3n) is 3.17. The van der Waals surface area contributed by atoms with Crippen LogP contribution in [0, 0.1) is 11.6 Å². The Labute approximate surface area is 145 Å². The summed E-state index contributed by atoms with van der Waals surface area (Å²) < 4.78 is 31.3. The van der Waals surface area contributed by atoms with Crippen LogP contribution in [0.25, 0.3) is 0 Å². The van der Waals surface area contributed by atoms with Crippen molar-refractivity contribution in [1.29, 1.82) is 0 Å². The van der Waals surface area contributed by atoms with Crippen LogP contribution in [0.5, 0.6) is 5.75 Å². The summed E-state index contributed by atoms with van der Waals surface area (Å²) in [5.74, 6) is -2.66. The Kier molecular flexibility index (Phi) is 4.85. The van der Waals surface area contributed by atoms with Gasteiger partial charge in [-0.3, -0.25) is 4.79 Å². The van der Waals surface area contributed by atoms with Gasteiger partial charge >= 0.3 is 5.97 Å². The molecule has 0 radical (unpaired) electrons. The average molecular weight is 359 g/mol. The SMILES string of the molecule is O=C(Oc1ccc(NC(=O)c2cccs2)cc1)c1cc(F)cc(F)c1. The molecule has 3 aromatic rings. The van der Waals surface area contributed by atoms with Crippen molar-refractivity contribution in [1.82, 2.24) is 0 Å². The van der Waals surface area contributed by atoms with Crippen LogP contribution in [0.15, 0.2) is 60.0 Å². The van der Waals surface area contributed by atoms with Crippen LogP contribution in [-0.4, -0.2) is 11.9 Å². The predicted octanol–water partition coefficient (Wildman–Crippen LogP) is 4.50. The standard InChI is InChI=1S/C18H11F2NO3S/c19-12-8-11(9-13(20)10-12)18(23)24-15-5-3-14(4-6-15)21-17(22)16-2-1-7-25-16/h1-10H,(H,21,22). The van der Waals surface area contributed by atoms with E-state index in [0.717, 1.165) is 12.1 Å². The van der Waals surface area contributed by atoms with E-state index >= 15 is 0 Å². The first kappa shape index (κ1) is 16.8. The lowest BCUT2D eigenvalue weighted by Crippen LogP contribution is -2.11. The number of halogens is 2. The molecule has 0 aliphatic carbocycles. The zero-order valence-corrected chi connectivity index (χ0v) is 13.5. The van der Waals surface area contributed by atoms with Crippen molar-refractivity contribution in [3.63, 3.8) is 0 Å². The quantitative estimate of drug-likeness (QED) is 0.551. The Balaban J connectivity index is 1.66. The van der Waals surface area contributed by atoms with Gasteiger partial charge in [0.25, 0.3) is 5.91 Å². The highest BCUT2D eigenvalue weighted by molar-refractivity contribution is 7.12. The molecule has 0 bridgehead atoms. The molecule has 0 saturated carbocycles. The van der Waals surface area contributed by atoms with E-state index in [2.05, 4.69) is 5.32 Å². The average Bonchev–Trinajstić information content (AvgIpc) is 3.10. The van der Waals surface area contributed by atoms with E-state index in [1.807, 2.05) is 0 Å². The number of amides is 1. The normalized spacial score (nSPS) is 10.3. The molecule has 1 aromatic heterocycles. The number of ether oxygens (including phenoxy) is 1. The first-order chi connectivity index (χ1) is 12.0. The van der Waals surface area contributed by atoms with E-state index in [0.29, 0.717) is 16.6 Å². The van der Waals surface area contributed by atoms with Gasteiger partial charge in [-0.15, -0.1) is 11.3 Å². The number of anilines is 1. The zero-order valence-electron chi connectivity index (χ0n) is 12.7. The molecule has 2 aromatic carbocycles. The van der Waals surface area contributed by atoms with Gasteiger partial charge in [0, 0.05) is 11.8 Å². The molecular formula is C18H11F2NO3S. The largest absolute Gasteiger partial charge is 0.423 e. The van der Waals surface area contributed by atoms with Gasteiger partial charge < -0.3 is 10.1 Å². The van der Waals surface area contributed by atoms with Crippen LogP contribution in [0.1, 0.15) is 20.0 Å². The maximum absolute atomic E-state index is 13.1. The Morgan fingerprint density at radius 1 is 0.960 bits per heavy atom. The number of esters is 1. The van der Waals surface area contributed by atoms with Crippen molar-refractivity contribution in [2.45, 2.75) is 0 Å². The van der Waals surface area contributed by atoms with Gasteiger partial charge in [-0.2, -0.15) is 0 Å². The highest BCUT2D eigenvalue weighted by atomic mass is 32.1. The Morgan fingerprint density at radius 3 is 2.24 bits per heavy atom. The highest BCUT2D eigenvalue weighted by Crippen LogP contribution is 2.19. The van der Waals surface area contributed by atoms with Crippen LogP contribution in [-0.2, 0) is 0 Å². The van der Waals surface area contributed by atoms with Crippen LogP contribution in [0.3, 0.4) is 0 Å². The fraction of sp³-hybridized carbons (Fsp3) is 0. The van der Waals surface area contributed by atoms with Gasteiger partial charge in [0.05, 0.1) is 10.4 Å². The van der Waals surface area contributed by atoms with Crippen molar-refractivity contribution in [2.24, 2.45) is 0 Å². The molecule has 126 valence electrons. The number of nitrogens with one attached hydrogen (secondary N) is 1. The van der Waals surface area contributed by atoms with Gasteiger partial charge in [-0.05, 0) is 47.8 Å². The summed E-state index contributed by atoms with van der Waals surface area (Å²) >= 11 is 1.32. The van der Waals surface area contributed by atoms with E-state index in [1.165, 1.54) is 23.5 Å². The summed E-state index contributed by atoms with van der Waals surface area (Å²) in [7, 11) is 0. The fourth-order valence-electron chi connectivity index (χ4n) is 2.04. The molecule has 0 aliphatic rings. The van der Waals surface area contributed by atoms with E-state index in [9.17, 15) is 18.4 Å². The smallest absolute Gasteiger partial charge is 0.343 e. The minimum Gasteiger partial charge on any atom is -0.423 e. The molecule has 0 saturated heterocycles. The number of benzene rings is 2. The fourth-order valence-corrected chi connectivity index (χ4v) is 2.66. The summed E-state index contributed by atoms with van der Waals surface area (Å²) in [6.45, 7) is 0. The zero-order chi connectivity index (χ0) is 17.8. The summed E-state index contributed by atoms with van der Waals surface area (Å²) in [5, 5.41) is 4.50. The van der Waals surface area contributed by atoms with Gasteiger partial charge in [-0.25, -0.2) is 13.6 Å². The van der Waals surface area contributed by atoms with Crippen molar-refractivity contribution in [2.75, 3.05) is 5.32 Å². The second-order valence-corrected chi connectivity index (χ2v) is 5.95. The summed E-state index contributed by atoms with van der Waals surface area (Å²) in [5.41, 5.74) is 0.294. The van der Waals surface area contributed by atoms with Crippen LogP contribution in [0.2, 0.25) is 0 Å². The number of carbonyl (C=O) groups excluding carboxylic acids is 2. The lowest BCUT2D eigenvalue weighted by atomic mass is 10.2. The van der Waals surface area contributed by atoms with Crippen molar-refractivity contribution < 1.29 is 23.1 Å². The third-order valence-corrected chi connectivity index (χ3v) is 4.03. The van der Waals surface area contributed by atoms with Crippen molar-refractivity contribution in [3.05, 3.63) is 82.1 Å². The number of hydrogen-bond donors (Lipinski definition) is 1. The monoisotopic (exact) mass is 359 g/mol. The van der Waals surface area contributed by atoms with Crippen LogP contribution >= 0.6 is 11.3 Å². The molecule has 4 nitrogen and oxygen atoms in total. The van der Waals surface area contributed by atoms with E-state index in [1.54, 1.807) is 29.6 Å². The minimum absolute atomic E-state index is 0.184. The Hall–Kier alpha value is -3.06. The van der Waals surface area contributed by atoms with E-state index < -0.39 is 17.6 Å². The molecule has 1 heterocycles. The molecule has 0 aliphatic heterocycles. The second-order valence-electron chi connectivity index (χ2n) is 5.00. The molecule has 0 fully saturated rings. The lowest BCUT2D eigenvalue weighted by molar-refractivity contribution is 0.0733. The van der Waals surface area contributed by atoms with Gasteiger partial charge in [0.2, 0.25) is 0 Å². The van der Waals surface area contributed by atoms with E-state index in [-0.39, 0.29) is 17.2 Å². The molecule has 25 heavy (non-hydrogen) atoms. The van der Waals surface area contributed by atoms with Gasteiger partial charge in [-0.1, -0.05) is 6.07 Å². The molecule has 1 amide bonds. The van der Waals surface area contributed by atoms with Gasteiger partial charge in [0.1, 0.15) is 17.4 Å². The minimum atomic E-state index is -0.881. The molecule has 3 rings (SSSR count).